The van der Waals surface area contributed by atoms with Crippen molar-refractivity contribution in [1.29, 1.82) is 0 Å². The van der Waals surface area contributed by atoms with Crippen molar-refractivity contribution in [1.82, 2.24) is 19.7 Å². The highest BCUT2D eigenvalue weighted by molar-refractivity contribution is 7.91. The van der Waals surface area contributed by atoms with Crippen molar-refractivity contribution in [3.05, 3.63) is 34.6 Å². The SMILES string of the molecule is CCc1ccc(-c2nc(=S)n(CN(CCOC)[C@@H]3CCS(=O)(=O)C3)[nH]2)cc1. The lowest BCUT2D eigenvalue weighted by Gasteiger charge is -2.27. The third-order valence-electron chi connectivity index (χ3n) is 4.95. The molecule has 0 unspecified atom stereocenters. The molecule has 1 N–H and O–H groups in total. The van der Waals surface area contributed by atoms with Crippen molar-refractivity contribution in [2.24, 2.45) is 0 Å². The Balaban J connectivity index is 1.79. The van der Waals surface area contributed by atoms with Gasteiger partial charge in [-0.05, 0) is 30.6 Å². The molecular weight excluding hydrogens is 384 g/mol. The molecule has 1 atom stereocenters. The molecule has 148 valence electrons. The molecule has 0 spiro atoms. The second-order valence-corrected chi connectivity index (χ2v) is 9.43. The second-order valence-electron chi connectivity index (χ2n) is 6.84. The van der Waals surface area contributed by atoms with Gasteiger partial charge in [0.25, 0.3) is 0 Å². The zero-order chi connectivity index (χ0) is 19.4. The minimum atomic E-state index is -2.96. The normalized spacial score (nSPS) is 19.0. The third-order valence-corrected chi connectivity index (χ3v) is 7.01. The Morgan fingerprint density at radius 3 is 2.70 bits per heavy atom. The number of hydrogen-bond acceptors (Lipinski definition) is 6. The second kappa shape index (κ2) is 8.64. The molecule has 0 aliphatic carbocycles. The highest BCUT2D eigenvalue weighted by atomic mass is 32.2. The van der Waals surface area contributed by atoms with E-state index in [0.717, 1.165) is 12.0 Å². The van der Waals surface area contributed by atoms with Crippen LogP contribution < -0.4 is 0 Å². The van der Waals surface area contributed by atoms with Gasteiger partial charge in [0, 0.05) is 25.3 Å². The number of nitrogens with one attached hydrogen (secondary N) is 1. The smallest absolute Gasteiger partial charge is 0.217 e. The summed E-state index contributed by atoms with van der Waals surface area (Å²) in [6.45, 7) is 3.75. The average Bonchev–Trinajstić information content (AvgIpc) is 3.20. The number of H-pyrrole nitrogens is 1. The highest BCUT2D eigenvalue weighted by Crippen LogP contribution is 2.20. The molecule has 0 amide bonds. The zero-order valence-electron chi connectivity index (χ0n) is 15.7. The van der Waals surface area contributed by atoms with E-state index in [2.05, 4.69) is 34.0 Å². The standard InChI is InChI=1S/C18H26N4O3S2/c1-3-14-4-6-15(7-5-14)17-19-18(26)22(20-17)13-21(9-10-25-2)16-8-11-27(23,24)12-16/h4-7,16H,3,8-13H2,1-2H3,(H,19,20,26)/t16-/m1/s1. The lowest BCUT2D eigenvalue weighted by Crippen LogP contribution is -2.40. The highest BCUT2D eigenvalue weighted by Gasteiger charge is 2.32. The van der Waals surface area contributed by atoms with E-state index < -0.39 is 9.84 Å². The van der Waals surface area contributed by atoms with Crippen LogP contribution in [0.2, 0.25) is 0 Å². The van der Waals surface area contributed by atoms with Gasteiger partial charge in [-0.2, -0.15) is 4.98 Å². The molecule has 1 fully saturated rings. The summed E-state index contributed by atoms with van der Waals surface area (Å²) in [4.78, 5) is 6.57. The van der Waals surface area contributed by atoms with Gasteiger partial charge in [0.15, 0.2) is 15.7 Å². The average molecular weight is 411 g/mol. The van der Waals surface area contributed by atoms with Crippen molar-refractivity contribution in [2.75, 3.05) is 31.8 Å². The maximum Gasteiger partial charge on any atom is 0.217 e. The van der Waals surface area contributed by atoms with E-state index in [1.165, 1.54) is 5.56 Å². The topological polar surface area (TPSA) is 80.2 Å². The molecule has 3 rings (SSSR count). The Kier molecular flexibility index (Phi) is 6.46. The Morgan fingerprint density at radius 1 is 1.37 bits per heavy atom. The van der Waals surface area contributed by atoms with Gasteiger partial charge in [-0.25, -0.2) is 13.1 Å². The van der Waals surface area contributed by atoms with Crippen LogP contribution in [-0.4, -0.2) is 65.9 Å². The molecular formula is C18H26N4O3S2. The molecule has 1 aliphatic heterocycles. The van der Waals surface area contributed by atoms with E-state index in [4.69, 9.17) is 17.0 Å². The number of nitrogens with zero attached hydrogens (tertiary/aromatic N) is 3. The number of hydrogen-bond donors (Lipinski definition) is 1. The number of aryl methyl sites for hydroxylation is 1. The summed E-state index contributed by atoms with van der Waals surface area (Å²) in [5, 5.41) is 3.26. The first kappa shape index (κ1) is 20.2. The summed E-state index contributed by atoms with van der Waals surface area (Å²) in [5.74, 6) is 1.14. The molecule has 1 saturated heterocycles. The number of aromatic amines is 1. The fraction of sp³-hybridized carbons (Fsp3) is 0.556. The minimum absolute atomic E-state index is 0.0253. The predicted octanol–water partition coefficient (Wildman–Crippen LogP) is 2.26. The molecule has 1 aromatic heterocycles. The number of sulfone groups is 1. The Bertz CT molecular complexity index is 919. The largest absolute Gasteiger partial charge is 0.383 e. The Hall–Kier alpha value is -1.55. The molecule has 27 heavy (non-hydrogen) atoms. The van der Waals surface area contributed by atoms with Crippen LogP contribution in [0.4, 0.5) is 0 Å². The fourth-order valence-electron chi connectivity index (χ4n) is 3.30. The van der Waals surface area contributed by atoms with Crippen LogP contribution in [-0.2, 0) is 27.7 Å². The summed E-state index contributed by atoms with van der Waals surface area (Å²) in [6.07, 6.45) is 1.63. The van der Waals surface area contributed by atoms with Crippen molar-refractivity contribution in [2.45, 2.75) is 32.5 Å². The quantitative estimate of drug-likeness (QED) is 0.673. The monoisotopic (exact) mass is 410 g/mol. The van der Waals surface area contributed by atoms with Gasteiger partial charge in [0.1, 0.15) is 0 Å². The van der Waals surface area contributed by atoms with Crippen molar-refractivity contribution in [3.63, 3.8) is 0 Å². The lowest BCUT2D eigenvalue weighted by molar-refractivity contribution is 0.0982. The zero-order valence-corrected chi connectivity index (χ0v) is 17.4. The Labute approximate surface area is 165 Å². The van der Waals surface area contributed by atoms with E-state index in [0.29, 0.717) is 36.8 Å². The molecule has 1 aliphatic rings. The van der Waals surface area contributed by atoms with Crippen LogP contribution in [0.3, 0.4) is 0 Å². The number of methoxy groups -OCH3 is 1. The molecule has 0 radical (unpaired) electrons. The summed E-state index contributed by atoms with van der Waals surface area (Å²) in [6, 6.07) is 8.20. The van der Waals surface area contributed by atoms with E-state index >= 15 is 0 Å². The molecule has 2 heterocycles. The van der Waals surface area contributed by atoms with Crippen LogP contribution >= 0.6 is 12.2 Å². The van der Waals surface area contributed by atoms with Gasteiger partial charge in [-0.15, -0.1) is 0 Å². The number of benzene rings is 1. The third kappa shape index (κ3) is 5.04. The van der Waals surface area contributed by atoms with Crippen molar-refractivity contribution in [3.8, 4) is 11.4 Å². The minimum Gasteiger partial charge on any atom is -0.383 e. The summed E-state index contributed by atoms with van der Waals surface area (Å²) < 4.78 is 31.2. The van der Waals surface area contributed by atoms with Gasteiger partial charge in [0.2, 0.25) is 4.77 Å². The first-order valence-corrected chi connectivity index (χ1v) is 11.3. The van der Waals surface area contributed by atoms with Gasteiger partial charge >= 0.3 is 0 Å². The maximum absolute atomic E-state index is 11.9. The first-order chi connectivity index (χ1) is 12.9. The van der Waals surface area contributed by atoms with Crippen LogP contribution in [0.5, 0.6) is 0 Å². The maximum atomic E-state index is 11.9. The van der Waals surface area contributed by atoms with Gasteiger partial charge in [-0.1, -0.05) is 31.2 Å². The molecule has 0 bridgehead atoms. The number of aromatic nitrogens is 3. The van der Waals surface area contributed by atoms with E-state index in [1.807, 2.05) is 12.1 Å². The predicted molar refractivity (Wildman–Crippen MR) is 108 cm³/mol. The van der Waals surface area contributed by atoms with Crippen LogP contribution in [0.15, 0.2) is 24.3 Å². The number of rotatable bonds is 8. The van der Waals surface area contributed by atoms with Crippen molar-refractivity contribution >= 4 is 22.1 Å². The van der Waals surface area contributed by atoms with E-state index in [1.54, 1.807) is 11.8 Å². The van der Waals surface area contributed by atoms with Gasteiger partial charge in [-0.3, -0.25) is 10.00 Å². The van der Waals surface area contributed by atoms with E-state index in [-0.39, 0.29) is 17.5 Å². The van der Waals surface area contributed by atoms with Crippen LogP contribution in [0, 0.1) is 4.77 Å². The summed E-state index contributed by atoms with van der Waals surface area (Å²) in [5.41, 5.74) is 2.24. The van der Waals surface area contributed by atoms with Crippen molar-refractivity contribution < 1.29 is 13.2 Å². The van der Waals surface area contributed by atoms with E-state index in [9.17, 15) is 8.42 Å². The summed E-state index contributed by atoms with van der Waals surface area (Å²) in [7, 11) is -1.31. The molecule has 0 saturated carbocycles. The fourth-order valence-corrected chi connectivity index (χ4v) is 5.26. The molecule has 7 nitrogen and oxygen atoms in total. The van der Waals surface area contributed by atoms with Gasteiger partial charge in [0.05, 0.1) is 24.8 Å². The summed E-state index contributed by atoms with van der Waals surface area (Å²) >= 11 is 5.42. The van der Waals surface area contributed by atoms with Gasteiger partial charge < -0.3 is 4.74 Å². The molecule has 9 heteroatoms. The molecule has 1 aromatic carbocycles. The Morgan fingerprint density at radius 2 is 2.11 bits per heavy atom. The van der Waals surface area contributed by atoms with Crippen LogP contribution in [0.1, 0.15) is 18.9 Å². The van der Waals surface area contributed by atoms with Crippen LogP contribution in [0.25, 0.3) is 11.4 Å². The lowest BCUT2D eigenvalue weighted by atomic mass is 10.1. The number of ether oxygens (including phenoxy) is 1. The molecule has 2 aromatic rings. The first-order valence-electron chi connectivity index (χ1n) is 9.11.